The van der Waals surface area contributed by atoms with Gasteiger partial charge >= 0.3 is 0 Å². The highest BCUT2D eigenvalue weighted by Crippen LogP contribution is 2.38. The second kappa shape index (κ2) is 9.47. The lowest BCUT2D eigenvalue weighted by molar-refractivity contribution is -0.126. The summed E-state index contributed by atoms with van der Waals surface area (Å²) < 4.78 is 16.1. The minimum Gasteiger partial charge on any atom is -0.497 e. The summed E-state index contributed by atoms with van der Waals surface area (Å²) in [5, 5.41) is 3.02. The summed E-state index contributed by atoms with van der Waals surface area (Å²) >= 11 is 0. The number of rotatable bonds is 7. The number of ether oxygens (including phenoxy) is 3. The number of carbonyl (C=O) groups excluding carboxylic acids is 2. The highest BCUT2D eigenvalue weighted by atomic mass is 16.5. The van der Waals surface area contributed by atoms with Crippen molar-refractivity contribution in [3.63, 3.8) is 0 Å². The fourth-order valence-corrected chi connectivity index (χ4v) is 4.34. The van der Waals surface area contributed by atoms with Gasteiger partial charge in [0.1, 0.15) is 22.8 Å². The van der Waals surface area contributed by atoms with E-state index >= 15 is 0 Å². The zero-order chi connectivity index (χ0) is 24.3. The van der Waals surface area contributed by atoms with Gasteiger partial charge in [0.25, 0.3) is 5.91 Å². The van der Waals surface area contributed by atoms with Crippen molar-refractivity contribution in [2.24, 2.45) is 0 Å². The lowest BCUT2D eigenvalue weighted by Crippen LogP contribution is -2.63. The Kier molecular flexibility index (Phi) is 6.45. The first-order chi connectivity index (χ1) is 16.4. The number of methoxy groups -OCH3 is 3. The molecule has 7 heteroatoms. The number of carbonyl (C=O) groups is 2. The molecule has 0 spiro atoms. The Hall–Kier alpha value is -4.00. The largest absolute Gasteiger partial charge is 0.497 e. The molecule has 1 atom stereocenters. The Bertz CT molecular complexity index is 1200. The van der Waals surface area contributed by atoms with Crippen molar-refractivity contribution in [2.45, 2.75) is 25.4 Å². The molecule has 3 aromatic carbocycles. The molecule has 1 aliphatic rings. The summed E-state index contributed by atoms with van der Waals surface area (Å²) in [5.41, 5.74) is 1.64. The molecule has 7 nitrogen and oxygen atoms in total. The number of fused-ring (bicyclic) bond motifs is 1. The fraction of sp³-hybridized carbons (Fsp3) is 0.259. The van der Waals surface area contributed by atoms with E-state index in [1.54, 1.807) is 57.4 Å². The highest BCUT2D eigenvalue weighted by molar-refractivity contribution is 6.14. The Morgan fingerprint density at radius 3 is 2.26 bits per heavy atom. The maximum atomic E-state index is 13.7. The first-order valence-corrected chi connectivity index (χ1v) is 11.0. The molecule has 1 N–H and O–H groups in total. The summed E-state index contributed by atoms with van der Waals surface area (Å²) in [5.74, 6) is 1.25. The molecule has 0 fully saturated rings. The molecular formula is C27H28N2O5. The van der Waals surface area contributed by atoms with Crippen molar-refractivity contribution in [2.75, 3.05) is 26.2 Å². The molecule has 2 amide bonds. The molecule has 0 aromatic heterocycles. The van der Waals surface area contributed by atoms with Crippen molar-refractivity contribution in [3.05, 3.63) is 83.4 Å². The highest BCUT2D eigenvalue weighted by Gasteiger charge is 2.47. The first kappa shape index (κ1) is 23.2. The molecule has 1 aliphatic heterocycles. The number of nitrogens with zero attached hydrogens (tertiary/aromatic N) is 1. The lowest BCUT2D eigenvalue weighted by atomic mass is 9.82. The molecule has 176 valence electrons. The standard InChI is InChI=1S/C27H28N2O5/c1-27(26(31)28-17-18-8-7-10-21(12-18)32-2)16-19-9-5-6-11-24(19)25(30)29(27)20-13-22(33-3)15-23(14-20)34-4/h5-15H,16-17H2,1-4H3,(H,28,31). The molecule has 34 heavy (non-hydrogen) atoms. The summed E-state index contributed by atoms with van der Waals surface area (Å²) in [7, 11) is 4.70. The Labute approximate surface area is 199 Å². The third-order valence-electron chi connectivity index (χ3n) is 6.15. The van der Waals surface area contributed by atoms with Crippen LogP contribution in [0.15, 0.2) is 66.7 Å². The number of hydrogen-bond acceptors (Lipinski definition) is 5. The number of anilines is 1. The molecule has 1 heterocycles. The fourth-order valence-electron chi connectivity index (χ4n) is 4.34. The molecule has 0 radical (unpaired) electrons. The Balaban J connectivity index is 1.74. The van der Waals surface area contributed by atoms with E-state index in [0.29, 0.717) is 41.5 Å². The van der Waals surface area contributed by atoms with E-state index in [1.165, 1.54) is 0 Å². The summed E-state index contributed by atoms with van der Waals surface area (Å²) in [6, 6.07) is 20.1. The molecule has 0 aliphatic carbocycles. The van der Waals surface area contributed by atoms with Gasteiger partial charge in [-0.15, -0.1) is 0 Å². The Morgan fingerprint density at radius 2 is 1.59 bits per heavy atom. The molecule has 0 saturated carbocycles. The topological polar surface area (TPSA) is 77.1 Å². The lowest BCUT2D eigenvalue weighted by Gasteiger charge is -2.44. The summed E-state index contributed by atoms with van der Waals surface area (Å²) in [4.78, 5) is 29.0. The van der Waals surface area contributed by atoms with E-state index in [4.69, 9.17) is 14.2 Å². The normalized spacial score (nSPS) is 17.1. The first-order valence-electron chi connectivity index (χ1n) is 11.0. The van der Waals surface area contributed by atoms with Crippen molar-refractivity contribution in [3.8, 4) is 17.2 Å². The number of hydrogen-bond donors (Lipinski definition) is 1. The van der Waals surface area contributed by atoms with Crippen LogP contribution in [0.1, 0.15) is 28.4 Å². The van der Waals surface area contributed by atoms with Crippen molar-refractivity contribution in [1.82, 2.24) is 5.32 Å². The van der Waals surface area contributed by atoms with Crippen LogP contribution in [0.2, 0.25) is 0 Å². The van der Waals surface area contributed by atoms with Crippen LogP contribution in [-0.4, -0.2) is 38.7 Å². The van der Waals surface area contributed by atoms with Crippen molar-refractivity contribution in [1.29, 1.82) is 0 Å². The van der Waals surface area contributed by atoms with Gasteiger partial charge in [0.05, 0.1) is 27.0 Å². The quantitative estimate of drug-likeness (QED) is 0.577. The smallest absolute Gasteiger partial charge is 0.259 e. The average molecular weight is 461 g/mol. The van der Waals surface area contributed by atoms with E-state index in [-0.39, 0.29) is 11.8 Å². The van der Waals surface area contributed by atoms with Gasteiger partial charge in [-0.05, 0) is 36.2 Å². The maximum Gasteiger partial charge on any atom is 0.259 e. The van der Waals surface area contributed by atoms with Gasteiger partial charge in [-0.3, -0.25) is 14.5 Å². The van der Waals surface area contributed by atoms with E-state index < -0.39 is 5.54 Å². The van der Waals surface area contributed by atoms with E-state index in [0.717, 1.165) is 11.1 Å². The van der Waals surface area contributed by atoms with E-state index in [9.17, 15) is 9.59 Å². The van der Waals surface area contributed by atoms with Crippen LogP contribution in [0.4, 0.5) is 5.69 Å². The molecule has 3 aromatic rings. The predicted octanol–water partition coefficient (Wildman–Crippen LogP) is 3.99. The number of benzene rings is 3. The third kappa shape index (κ3) is 4.29. The van der Waals surface area contributed by atoms with Gasteiger partial charge in [0.15, 0.2) is 0 Å². The summed E-state index contributed by atoms with van der Waals surface area (Å²) in [6.07, 6.45) is 0.360. The molecule has 4 rings (SSSR count). The molecular weight excluding hydrogens is 432 g/mol. The van der Waals surface area contributed by atoms with Crippen LogP contribution >= 0.6 is 0 Å². The van der Waals surface area contributed by atoms with Crippen LogP contribution in [-0.2, 0) is 17.8 Å². The van der Waals surface area contributed by atoms with Crippen LogP contribution in [0.5, 0.6) is 17.2 Å². The number of amides is 2. The number of nitrogens with one attached hydrogen (secondary N) is 1. The van der Waals surface area contributed by atoms with Gasteiger partial charge in [-0.1, -0.05) is 30.3 Å². The molecule has 1 unspecified atom stereocenters. The maximum absolute atomic E-state index is 13.7. The van der Waals surface area contributed by atoms with Crippen molar-refractivity contribution < 1.29 is 23.8 Å². The SMILES string of the molecule is COc1cccc(CNC(=O)C2(C)Cc3ccccc3C(=O)N2c2cc(OC)cc(OC)c2)c1. The monoisotopic (exact) mass is 460 g/mol. The second-order valence-electron chi connectivity index (χ2n) is 8.35. The van der Waals surface area contributed by atoms with Crippen molar-refractivity contribution >= 4 is 17.5 Å². The van der Waals surface area contributed by atoms with Crippen LogP contribution < -0.4 is 24.4 Å². The molecule has 0 saturated heterocycles. The Morgan fingerprint density at radius 1 is 0.912 bits per heavy atom. The summed E-state index contributed by atoms with van der Waals surface area (Å²) in [6.45, 7) is 2.09. The second-order valence-corrected chi connectivity index (χ2v) is 8.35. The van der Waals surface area contributed by atoms with Crippen LogP contribution in [0.25, 0.3) is 0 Å². The minimum atomic E-state index is -1.18. The van der Waals surface area contributed by atoms with Gasteiger partial charge in [-0.25, -0.2) is 0 Å². The van der Waals surface area contributed by atoms with Gasteiger partial charge in [0, 0.05) is 36.7 Å². The zero-order valence-electron chi connectivity index (χ0n) is 19.8. The predicted molar refractivity (Wildman–Crippen MR) is 130 cm³/mol. The van der Waals surface area contributed by atoms with Gasteiger partial charge in [-0.2, -0.15) is 0 Å². The van der Waals surface area contributed by atoms with Crippen LogP contribution in [0.3, 0.4) is 0 Å². The van der Waals surface area contributed by atoms with Crippen LogP contribution in [0, 0.1) is 0 Å². The minimum absolute atomic E-state index is 0.254. The average Bonchev–Trinajstić information content (AvgIpc) is 2.87. The van der Waals surface area contributed by atoms with Gasteiger partial charge in [0.2, 0.25) is 5.91 Å². The van der Waals surface area contributed by atoms with Gasteiger partial charge < -0.3 is 19.5 Å². The zero-order valence-corrected chi connectivity index (χ0v) is 19.8. The third-order valence-corrected chi connectivity index (χ3v) is 6.15. The van der Waals surface area contributed by atoms with E-state index in [1.807, 2.05) is 42.5 Å². The van der Waals surface area contributed by atoms with E-state index in [2.05, 4.69) is 5.32 Å². The molecule has 0 bridgehead atoms.